The monoisotopic (exact) mass is 271 g/mol. The zero-order valence-electron chi connectivity index (χ0n) is 12.1. The second-order valence-corrected chi connectivity index (χ2v) is 5.95. The zero-order valence-corrected chi connectivity index (χ0v) is 12.1. The highest BCUT2D eigenvalue weighted by atomic mass is 16.2. The highest BCUT2D eigenvalue weighted by Crippen LogP contribution is 2.28. The standard InChI is InChI=1S/C17H23N2O/c20-17(10-9-14-5-3-11-18-13-14)19-12-4-7-15-6-1-2-8-16(15)19/h1-2,6,8,14H,3-5,7,9-13H2. The molecule has 2 aliphatic heterocycles. The Balaban J connectivity index is 1.60. The second-order valence-electron chi connectivity index (χ2n) is 5.95. The molecule has 3 rings (SSSR count). The minimum absolute atomic E-state index is 0.294. The molecule has 0 N–H and O–H groups in total. The number of anilines is 1. The Bertz CT molecular complexity index is 466. The minimum Gasteiger partial charge on any atom is -0.312 e. The molecule has 0 bridgehead atoms. The van der Waals surface area contributed by atoms with Crippen LogP contribution in [0.2, 0.25) is 0 Å². The third-order valence-corrected chi connectivity index (χ3v) is 4.49. The molecule has 0 spiro atoms. The number of nitrogens with zero attached hydrogens (tertiary/aromatic N) is 2. The van der Waals surface area contributed by atoms with Crippen LogP contribution in [0.25, 0.3) is 0 Å². The fourth-order valence-electron chi connectivity index (χ4n) is 3.35. The number of rotatable bonds is 3. The Morgan fingerprint density at radius 2 is 2.20 bits per heavy atom. The van der Waals surface area contributed by atoms with Gasteiger partial charge in [0.05, 0.1) is 0 Å². The van der Waals surface area contributed by atoms with Gasteiger partial charge in [-0.1, -0.05) is 18.2 Å². The summed E-state index contributed by atoms with van der Waals surface area (Å²) in [6, 6.07) is 8.33. The summed E-state index contributed by atoms with van der Waals surface area (Å²) in [5.74, 6) is 0.926. The van der Waals surface area contributed by atoms with Crippen LogP contribution in [-0.4, -0.2) is 25.5 Å². The normalized spacial score (nSPS) is 22.4. The minimum atomic E-state index is 0.294. The molecule has 3 heteroatoms. The molecule has 1 atom stereocenters. The molecule has 0 aliphatic carbocycles. The summed E-state index contributed by atoms with van der Waals surface area (Å²) in [6.07, 6.45) is 6.30. The number of hydrogen-bond acceptors (Lipinski definition) is 1. The van der Waals surface area contributed by atoms with Crippen molar-refractivity contribution in [1.29, 1.82) is 0 Å². The van der Waals surface area contributed by atoms with Gasteiger partial charge in [0.1, 0.15) is 0 Å². The first kappa shape index (κ1) is 13.6. The average Bonchev–Trinajstić information content (AvgIpc) is 2.53. The van der Waals surface area contributed by atoms with E-state index in [1.807, 2.05) is 11.0 Å². The van der Waals surface area contributed by atoms with Crippen molar-refractivity contribution >= 4 is 11.6 Å². The van der Waals surface area contributed by atoms with Gasteiger partial charge in [0.25, 0.3) is 0 Å². The molecule has 1 saturated heterocycles. The molecule has 20 heavy (non-hydrogen) atoms. The van der Waals surface area contributed by atoms with Gasteiger partial charge in [-0.2, -0.15) is 0 Å². The quantitative estimate of drug-likeness (QED) is 0.832. The van der Waals surface area contributed by atoms with Gasteiger partial charge in [0.2, 0.25) is 5.91 Å². The number of piperidine rings is 1. The molecule has 0 saturated carbocycles. The lowest BCUT2D eigenvalue weighted by molar-refractivity contribution is -0.119. The van der Waals surface area contributed by atoms with E-state index in [0.29, 0.717) is 18.2 Å². The molecule has 2 aliphatic rings. The van der Waals surface area contributed by atoms with Gasteiger partial charge < -0.3 is 4.90 Å². The maximum atomic E-state index is 12.5. The van der Waals surface area contributed by atoms with E-state index < -0.39 is 0 Å². The molecule has 3 nitrogen and oxygen atoms in total. The number of hydrogen-bond donors (Lipinski definition) is 0. The molecule has 1 radical (unpaired) electrons. The number of para-hydroxylation sites is 1. The van der Waals surface area contributed by atoms with Gasteiger partial charge in [-0.3, -0.25) is 4.79 Å². The first-order chi connectivity index (χ1) is 9.84. The average molecular weight is 271 g/mol. The number of carbonyl (C=O) groups is 1. The summed E-state index contributed by atoms with van der Waals surface area (Å²) in [5.41, 5.74) is 2.46. The van der Waals surface area contributed by atoms with Crippen molar-refractivity contribution in [2.75, 3.05) is 24.5 Å². The van der Waals surface area contributed by atoms with E-state index >= 15 is 0 Å². The fraction of sp³-hybridized carbons (Fsp3) is 0.588. The Kier molecular flexibility index (Phi) is 4.36. The van der Waals surface area contributed by atoms with Crippen LogP contribution in [0.4, 0.5) is 5.69 Å². The van der Waals surface area contributed by atoms with Crippen LogP contribution in [0.1, 0.15) is 37.7 Å². The van der Waals surface area contributed by atoms with Crippen molar-refractivity contribution in [3.63, 3.8) is 0 Å². The topological polar surface area (TPSA) is 34.4 Å². The van der Waals surface area contributed by atoms with Crippen LogP contribution in [-0.2, 0) is 11.2 Å². The van der Waals surface area contributed by atoms with E-state index in [1.54, 1.807) is 0 Å². The summed E-state index contributed by atoms with van der Waals surface area (Å²) >= 11 is 0. The molecule has 0 aromatic heterocycles. The summed E-state index contributed by atoms with van der Waals surface area (Å²) in [5, 5.41) is 4.46. The lowest BCUT2D eigenvalue weighted by Gasteiger charge is -2.30. The highest BCUT2D eigenvalue weighted by Gasteiger charge is 2.23. The summed E-state index contributed by atoms with van der Waals surface area (Å²) in [7, 11) is 0. The Hall–Kier alpha value is -1.35. The predicted octanol–water partition coefficient (Wildman–Crippen LogP) is 2.76. The molecular weight excluding hydrogens is 248 g/mol. The SMILES string of the molecule is O=C(CCC1CCC[N]C1)N1CCCc2ccccc21. The van der Waals surface area contributed by atoms with Gasteiger partial charge in [0, 0.05) is 31.7 Å². The number of amides is 1. The van der Waals surface area contributed by atoms with Crippen molar-refractivity contribution < 1.29 is 4.79 Å². The van der Waals surface area contributed by atoms with Crippen LogP contribution in [0.15, 0.2) is 24.3 Å². The number of benzene rings is 1. The van der Waals surface area contributed by atoms with Gasteiger partial charge >= 0.3 is 0 Å². The number of carbonyl (C=O) groups excluding carboxylic acids is 1. The van der Waals surface area contributed by atoms with Crippen LogP contribution in [0.3, 0.4) is 0 Å². The molecule has 107 valence electrons. The highest BCUT2D eigenvalue weighted by molar-refractivity contribution is 5.94. The van der Waals surface area contributed by atoms with Crippen molar-refractivity contribution in [3.05, 3.63) is 29.8 Å². The van der Waals surface area contributed by atoms with Gasteiger partial charge in [-0.25, -0.2) is 5.32 Å². The summed E-state index contributed by atoms with van der Waals surface area (Å²) in [6.45, 7) is 2.86. The first-order valence-corrected chi connectivity index (χ1v) is 7.86. The zero-order chi connectivity index (χ0) is 13.8. The third-order valence-electron chi connectivity index (χ3n) is 4.49. The Morgan fingerprint density at radius 1 is 1.30 bits per heavy atom. The van der Waals surface area contributed by atoms with E-state index in [-0.39, 0.29) is 0 Å². The van der Waals surface area contributed by atoms with E-state index in [1.165, 1.54) is 18.4 Å². The van der Waals surface area contributed by atoms with E-state index in [4.69, 9.17) is 0 Å². The van der Waals surface area contributed by atoms with Crippen LogP contribution >= 0.6 is 0 Å². The third kappa shape index (κ3) is 3.04. The smallest absolute Gasteiger partial charge is 0.226 e. The van der Waals surface area contributed by atoms with Gasteiger partial charge in [0.15, 0.2) is 0 Å². The molecule has 1 unspecified atom stereocenters. The molecular formula is C17H23N2O. The number of aryl methyl sites for hydroxylation is 1. The largest absolute Gasteiger partial charge is 0.312 e. The maximum Gasteiger partial charge on any atom is 0.226 e. The van der Waals surface area contributed by atoms with Crippen LogP contribution in [0.5, 0.6) is 0 Å². The molecule has 1 aromatic carbocycles. The van der Waals surface area contributed by atoms with Gasteiger partial charge in [-0.05, 0) is 49.7 Å². The van der Waals surface area contributed by atoms with Crippen LogP contribution < -0.4 is 10.2 Å². The van der Waals surface area contributed by atoms with E-state index in [2.05, 4.69) is 23.5 Å². The molecule has 2 heterocycles. The van der Waals surface area contributed by atoms with Crippen molar-refractivity contribution in [2.24, 2.45) is 5.92 Å². The van der Waals surface area contributed by atoms with E-state index in [0.717, 1.165) is 44.6 Å². The first-order valence-electron chi connectivity index (χ1n) is 7.86. The maximum absolute atomic E-state index is 12.5. The van der Waals surface area contributed by atoms with Crippen LogP contribution in [0, 0.1) is 5.92 Å². The molecule has 1 amide bonds. The lowest BCUT2D eigenvalue weighted by Crippen LogP contribution is -2.36. The summed E-state index contributed by atoms with van der Waals surface area (Å²) in [4.78, 5) is 14.5. The molecule has 1 aromatic rings. The Morgan fingerprint density at radius 3 is 3.05 bits per heavy atom. The van der Waals surface area contributed by atoms with Crippen molar-refractivity contribution in [3.8, 4) is 0 Å². The fourth-order valence-corrected chi connectivity index (χ4v) is 3.35. The molecule has 1 fully saturated rings. The predicted molar refractivity (Wildman–Crippen MR) is 80.9 cm³/mol. The van der Waals surface area contributed by atoms with E-state index in [9.17, 15) is 4.79 Å². The Labute approximate surface area is 121 Å². The summed E-state index contributed by atoms with van der Waals surface area (Å²) < 4.78 is 0. The second kappa shape index (κ2) is 6.40. The number of fused-ring (bicyclic) bond motifs is 1. The van der Waals surface area contributed by atoms with Crippen molar-refractivity contribution in [2.45, 2.75) is 38.5 Å². The lowest BCUT2D eigenvalue weighted by atomic mass is 9.94. The van der Waals surface area contributed by atoms with Crippen molar-refractivity contribution in [1.82, 2.24) is 5.32 Å². The van der Waals surface area contributed by atoms with Gasteiger partial charge in [-0.15, -0.1) is 0 Å².